The molecule has 2 aliphatic rings. The van der Waals surface area contributed by atoms with Gasteiger partial charge in [0.05, 0.1) is 44.6 Å². The van der Waals surface area contributed by atoms with Gasteiger partial charge in [-0.3, -0.25) is 20.0 Å². The van der Waals surface area contributed by atoms with Crippen LogP contribution in [0.1, 0.15) is 50.8 Å². The molecule has 2 aromatic carbocycles. The molecule has 9 nitrogen and oxygen atoms in total. The highest BCUT2D eigenvalue weighted by Crippen LogP contribution is 2.54. The van der Waals surface area contributed by atoms with Gasteiger partial charge in [-0.25, -0.2) is 0 Å². The van der Waals surface area contributed by atoms with Crippen molar-refractivity contribution in [3.05, 3.63) is 77.0 Å². The van der Waals surface area contributed by atoms with Gasteiger partial charge in [0, 0.05) is 48.0 Å². The fraction of sp³-hybridized carbons (Fsp3) is 0.333. The minimum atomic E-state index is -4.41. The third-order valence-corrected chi connectivity index (χ3v) is 7.89. The van der Waals surface area contributed by atoms with Crippen molar-refractivity contribution in [1.82, 2.24) is 30.9 Å². The number of nitrogens with zero attached hydrogens (tertiary/aromatic N) is 5. The quantitative estimate of drug-likeness (QED) is 0.185. The summed E-state index contributed by atoms with van der Waals surface area (Å²) >= 11 is 6.73. The molecule has 0 unspecified atom stereocenters. The number of anilines is 2. The summed E-state index contributed by atoms with van der Waals surface area (Å²) in [6.45, 7) is 6.83. The average molecular weight is 608 g/mol. The summed E-state index contributed by atoms with van der Waals surface area (Å²) in [4.78, 5) is 13.4. The lowest BCUT2D eigenvalue weighted by atomic mass is 9.96. The molecule has 0 radical (unpaired) electrons. The van der Waals surface area contributed by atoms with Gasteiger partial charge in [0.15, 0.2) is 5.54 Å². The summed E-state index contributed by atoms with van der Waals surface area (Å²) in [6.07, 6.45) is 1.67. The van der Waals surface area contributed by atoms with Gasteiger partial charge < -0.3 is 16.1 Å². The van der Waals surface area contributed by atoms with E-state index >= 15 is 0 Å². The molecule has 43 heavy (non-hydrogen) atoms. The molecular weight excluding hydrogens is 579 g/mol. The third kappa shape index (κ3) is 5.34. The van der Waals surface area contributed by atoms with E-state index < -0.39 is 17.8 Å². The highest BCUT2D eigenvalue weighted by molar-refractivity contribution is 6.35. The Morgan fingerprint density at radius 2 is 1.88 bits per heavy atom. The van der Waals surface area contributed by atoms with Gasteiger partial charge in [0.2, 0.25) is 0 Å². The van der Waals surface area contributed by atoms with E-state index in [1.165, 1.54) is 12.4 Å². The molecule has 0 amide bonds. The highest BCUT2D eigenvalue weighted by Gasteiger charge is 2.67. The Morgan fingerprint density at radius 3 is 2.58 bits per heavy atom. The van der Waals surface area contributed by atoms with Crippen LogP contribution in [-0.4, -0.2) is 38.2 Å². The first-order valence-electron chi connectivity index (χ1n) is 13.7. The molecule has 4 aromatic rings. The number of rotatable bonds is 7. The molecule has 2 aromatic heterocycles. The number of aromatic nitrogens is 3. The summed E-state index contributed by atoms with van der Waals surface area (Å²) in [5.74, 6) is 0. The second-order valence-electron chi connectivity index (χ2n) is 12.0. The molecule has 1 atom stereocenters. The number of nitrogens with one attached hydrogen (secondary N) is 4. The number of nitriles is 1. The van der Waals surface area contributed by atoms with Crippen molar-refractivity contribution in [2.45, 2.75) is 51.4 Å². The minimum Gasteiger partial charge on any atom is -0.383 e. The SMILES string of the molecule is CC(C)(C)CNc1c(C#N)cnc2c(Cl)cc(N[C@H](C3=CN(C4(C(F)(F)F)CC4)NN3)c3cccc4nccnc34)cc12. The predicted octanol–water partition coefficient (Wildman–Crippen LogP) is 6.58. The zero-order valence-corrected chi connectivity index (χ0v) is 24.4. The molecular formula is C30H29ClF3N9. The van der Waals surface area contributed by atoms with E-state index in [0.29, 0.717) is 61.7 Å². The molecule has 0 spiro atoms. The van der Waals surface area contributed by atoms with E-state index in [1.807, 2.05) is 24.3 Å². The summed E-state index contributed by atoms with van der Waals surface area (Å²) < 4.78 is 41.9. The van der Waals surface area contributed by atoms with E-state index in [9.17, 15) is 18.4 Å². The smallest absolute Gasteiger partial charge is 0.383 e. The van der Waals surface area contributed by atoms with Crippen molar-refractivity contribution in [2.75, 3.05) is 17.2 Å². The summed E-state index contributed by atoms with van der Waals surface area (Å²) in [5.41, 5.74) is 8.04. The van der Waals surface area contributed by atoms with Crippen molar-refractivity contribution < 1.29 is 13.2 Å². The summed E-state index contributed by atoms with van der Waals surface area (Å²) in [7, 11) is 0. The van der Waals surface area contributed by atoms with Gasteiger partial charge >= 0.3 is 6.18 Å². The van der Waals surface area contributed by atoms with Crippen LogP contribution in [0.2, 0.25) is 5.02 Å². The standard InChI is InChI=1S/C30H29ClF3N9/c1-28(2,3)16-39-24-17(13-35)14-38-25-20(24)11-18(12-21(25)31)40-27(19-5-4-6-22-26(19)37-10-9-36-22)23-15-43(42-41-23)29(7-8-29)30(32,33)34/h4-6,9-12,14-15,27,40-42H,7-8,16H2,1-3H3,(H,38,39)/t27-/m0/s1. The lowest BCUT2D eigenvalue weighted by Gasteiger charge is -2.28. The van der Waals surface area contributed by atoms with Crippen LogP contribution in [0.4, 0.5) is 24.5 Å². The average Bonchev–Trinajstić information content (AvgIpc) is 3.65. The van der Waals surface area contributed by atoms with Gasteiger partial charge in [0.1, 0.15) is 6.07 Å². The first-order chi connectivity index (χ1) is 20.4. The molecule has 6 rings (SSSR count). The first-order valence-corrected chi connectivity index (χ1v) is 14.1. The van der Waals surface area contributed by atoms with E-state index in [1.54, 1.807) is 18.5 Å². The summed E-state index contributed by atoms with van der Waals surface area (Å²) in [5, 5.41) is 18.8. The Hall–Kier alpha value is -4.34. The molecule has 1 fully saturated rings. The number of benzene rings is 2. The van der Waals surface area contributed by atoms with Gasteiger partial charge in [-0.2, -0.15) is 18.4 Å². The largest absolute Gasteiger partial charge is 0.413 e. The first kappa shape index (κ1) is 28.8. The molecule has 1 aliphatic carbocycles. The van der Waals surface area contributed by atoms with E-state index in [4.69, 9.17) is 11.6 Å². The maximum Gasteiger partial charge on any atom is 0.413 e. The maximum absolute atomic E-state index is 14.0. The fourth-order valence-electron chi connectivity index (χ4n) is 5.19. The van der Waals surface area contributed by atoms with Crippen LogP contribution in [0, 0.1) is 16.7 Å². The van der Waals surface area contributed by atoms with Crippen molar-refractivity contribution in [1.29, 1.82) is 5.26 Å². The topological polar surface area (TPSA) is 114 Å². The molecule has 4 N–H and O–H groups in total. The lowest BCUT2D eigenvalue weighted by molar-refractivity contribution is -0.195. The molecule has 222 valence electrons. The number of hydrazine groups is 2. The second kappa shape index (κ2) is 10.4. The molecule has 1 aliphatic heterocycles. The normalized spacial score (nSPS) is 16.9. The Balaban J connectivity index is 1.46. The Labute approximate surface area is 251 Å². The van der Waals surface area contributed by atoms with E-state index in [-0.39, 0.29) is 18.3 Å². The number of hydrogen-bond donors (Lipinski definition) is 4. The number of hydrogen-bond acceptors (Lipinski definition) is 9. The minimum absolute atomic E-state index is 0.00828. The van der Waals surface area contributed by atoms with Gasteiger partial charge in [0.25, 0.3) is 0 Å². The Bertz CT molecular complexity index is 1780. The molecule has 13 heteroatoms. The number of para-hydroxylation sites is 1. The Kier molecular flexibility index (Phi) is 6.98. The van der Waals surface area contributed by atoms with Crippen molar-refractivity contribution in [2.24, 2.45) is 5.41 Å². The monoisotopic (exact) mass is 607 g/mol. The zero-order chi connectivity index (χ0) is 30.6. The van der Waals surface area contributed by atoms with Crippen LogP contribution in [-0.2, 0) is 0 Å². The fourth-order valence-corrected chi connectivity index (χ4v) is 5.46. The molecule has 0 bridgehead atoms. The number of pyridine rings is 1. The van der Waals surface area contributed by atoms with Crippen LogP contribution in [0.3, 0.4) is 0 Å². The van der Waals surface area contributed by atoms with Gasteiger partial charge in [-0.1, -0.05) is 44.5 Å². The molecule has 0 saturated heterocycles. The zero-order valence-electron chi connectivity index (χ0n) is 23.6. The van der Waals surface area contributed by atoms with Gasteiger partial charge in [-0.15, -0.1) is 5.53 Å². The van der Waals surface area contributed by atoms with Crippen LogP contribution in [0.5, 0.6) is 0 Å². The van der Waals surface area contributed by atoms with Crippen molar-refractivity contribution in [3.63, 3.8) is 0 Å². The maximum atomic E-state index is 14.0. The predicted molar refractivity (Wildman–Crippen MR) is 160 cm³/mol. The molecule has 1 saturated carbocycles. The number of alkyl halides is 3. The Morgan fingerprint density at radius 1 is 1.12 bits per heavy atom. The van der Waals surface area contributed by atoms with Crippen LogP contribution in [0.15, 0.2) is 60.8 Å². The number of halogens is 4. The third-order valence-electron chi connectivity index (χ3n) is 7.60. The lowest BCUT2D eigenvalue weighted by Crippen LogP contribution is -2.52. The van der Waals surface area contributed by atoms with Crippen LogP contribution < -0.4 is 21.6 Å². The summed E-state index contributed by atoms with van der Waals surface area (Å²) in [6, 6.07) is 10.6. The van der Waals surface area contributed by atoms with Crippen molar-refractivity contribution >= 4 is 44.9 Å². The van der Waals surface area contributed by atoms with Crippen LogP contribution in [0.25, 0.3) is 21.9 Å². The van der Waals surface area contributed by atoms with Crippen molar-refractivity contribution in [3.8, 4) is 6.07 Å². The van der Waals surface area contributed by atoms with E-state index in [0.717, 1.165) is 5.01 Å². The van der Waals surface area contributed by atoms with E-state index in [2.05, 4.69) is 63.4 Å². The van der Waals surface area contributed by atoms with Gasteiger partial charge in [-0.05, 0) is 36.5 Å². The highest BCUT2D eigenvalue weighted by atomic mass is 35.5. The molecule has 3 heterocycles. The number of fused-ring (bicyclic) bond motifs is 2. The van der Waals surface area contributed by atoms with Crippen LogP contribution >= 0.6 is 11.6 Å². The second-order valence-corrected chi connectivity index (χ2v) is 12.4.